The minimum absolute atomic E-state index is 0.307. The molecule has 0 saturated heterocycles. The highest BCUT2D eigenvalue weighted by Gasteiger charge is 2.31. The predicted molar refractivity (Wildman–Crippen MR) is 93.6 cm³/mol. The lowest BCUT2D eigenvalue weighted by atomic mass is 9.80. The molecule has 1 nitrogen and oxygen atoms in total. The Bertz CT molecular complexity index is 750. The summed E-state index contributed by atoms with van der Waals surface area (Å²) in [7, 11) is 0. The van der Waals surface area contributed by atoms with Gasteiger partial charge in [0.25, 0.3) is 0 Å². The van der Waals surface area contributed by atoms with E-state index in [9.17, 15) is 17.6 Å². The monoisotopic (exact) mass is 366 g/mol. The summed E-state index contributed by atoms with van der Waals surface area (Å²) in [4.78, 5) is 0. The Morgan fingerprint density at radius 1 is 1.08 bits per heavy atom. The lowest BCUT2D eigenvalue weighted by Crippen LogP contribution is -2.17. The maximum Gasteiger partial charge on any atom is 0.573 e. The van der Waals surface area contributed by atoms with Crippen LogP contribution < -0.4 is 4.74 Å². The van der Waals surface area contributed by atoms with Crippen molar-refractivity contribution in [1.82, 2.24) is 0 Å². The van der Waals surface area contributed by atoms with Gasteiger partial charge >= 0.3 is 6.36 Å². The molecule has 1 aliphatic carbocycles. The third-order valence-corrected chi connectivity index (χ3v) is 4.98. The Morgan fingerprint density at radius 3 is 2.46 bits per heavy atom. The van der Waals surface area contributed by atoms with E-state index in [4.69, 9.17) is 0 Å². The number of hydrogen-bond acceptors (Lipinski definition) is 1. The van der Waals surface area contributed by atoms with E-state index in [2.05, 4.69) is 11.7 Å². The second kappa shape index (κ2) is 7.68. The first-order valence-electron chi connectivity index (χ1n) is 9.03. The molecule has 0 aromatic heterocycles. The van der Waals surface area contributed by atoms with Crippen LogP contribution in [0.1, 0.15) is 43.7 Å². The van der Waals surface area contributed by atoms with Gasteiger partial charge in [0.05, 0.1) is 0 Å². The molecule has 1 unspecified atom stereocenters. The van der Waals surface area contributed by atoms with Crippen molar-refractivity contribution in [2.45, 2.75) is 51.8 Å². The molecule has 2 aromatic rings. The predicted octanol–water partition coefficient (Wildman–Crippen LogP) is 6.69. The van der Waals surface area contributed by atoms with Crippen molar-refractivity contribution in [2.75, 3.05) is 0 Å². The minimum atomic E-state index is -4.73. The van der Waals surface area contributed by atoms with Crippen LogP contribution in [0.4, 0.5) is 17.6 Å². The molecular weight excluding hydrogens is 344 g/mol. The topological polar surface area (TPSA) is 9.23 Å². The third-order valence-electron chi connectivity index (χ3n) is 4.98. The van der Waals surface area contributed by atoms with Gasteiger partial charge in [-0.1, -0.05) is 38.3 Å². The molecule has 5 heteroatoms. The molecule has 0 aliphatic heterocycles. The lowest BCUT2D eigenvalue weighted by Gasteiger charge is -2.25. The molecule has 0 radical (unpaired) electrons. The Balaban J connectivity index is 1.80. The molecule has 2 aromatic carbocycles. The molecule has 0 fully saturated rings. The Labute approximate surface area is 151 Å². The van der Waals surface area contributed by atoms with Crippen LogP contribution in [0.3, 0.4) is 0 Å². The van der Waals surface area contributed by atoms with Gasteiger partial charge in [0, 0.05) is 5.56 Å². The SMILES string of the molecule is CCCCC1CCc2cc(-c3ccc(OC(F)(F)F)cc3)c(F)cc2C1. The first kappa shape index (κ1) is 18.7. The molecule has 0 N–H and O–H groups in total. The van der Waals surface area contributed by atoms with Crippen molar-refractivity contribution in [3.05, 3.63) is 53.3 Å². The number of unbranched alkanes of at least 4 members (excludes halogenated alkanes) is 1. The van der Waals surface area contributed by atoms with Gasteiger partial charge in [-0.05, 0) is 66.1 Å². The van der Waals surface area contributed by atoms with Gasteiger partial charge < -0.3 is 4.74 Å². The van der Waals surface area contributed by atoms with Crippen molar-refractivity contribution in [1.29, 1.82) is 0 Å². The number of rotatable bonds is 5. The van der Waals surface area contributed by atoms with Crippen molar-refractivity contribution in [3.63, 3.8) is 0 Å². The van der Waals surface area contributed by atoms with Gasteiger partial charge in [0.2, 0.25) is 0 Å². The summed E-state index contributed by atoms with van der Waals surface area (Å²) in [6.45, 7) is 2.17. The summed E-state index contributed by atoms with van der Waals surface area (Å²) in [6, 6.07) is 8.78. The molecule has 0 spiro atoms. The van der Waals surface area contributed by atoms with E-state index < -0.39 is 6.36 Å². The molecule has 1 aliphatic rings. The smallest absolute Gasteiger partial charge is 0.406 e. The first-order chi connectivity index (χ1) is 12.4. The zero-order valence-corrected chi connectivity index (χ0v) is 14.7. The van der Waals surface area contributed by atoms with Gasteiger partial charge in [-0.15, -0.1) is 13.2 Å². The summed E-state index contributed by atoms with van der Waals surface area (Å²) in [5, 5.41) is 0. The van der Waals surface area contributed by atoms with E-state index in [0.717, 1.165) is 30.4 Å². The standard InChI is InChI=1S/C21H22F4O/c1-2-3-4-14-5-6-16-12-19(20(22)13-17(16)11-14)15-7-9-18(10-8-15)26-21(23,24)25/h7-10,12-14H,2-6,11H2,1H3. The molecule has 0 bridgehead atoms. The number of ether oxygens (including phenoxy) is 1. The highest BCUT2D eigenvalue weighted by Crippen LogP contribution is 2.34. The van der Waals surface area contributed by atoms with E-state index in [-0.39, 0.29) is 11.6 Å². The fraction of sp³-hybridized carbons (Fsp3) is 0.429. The van der Waals surface area contributed by atoms with Crippen LogP contribution >= 0.6 is 0 Å². The van der Waals surface area contributed by atoms with Gasteiger partial charge in [-0.3, -0.25) is 0 Å². The summed E-state index contributed by atoms with van der Waals surface area (Å²) in [6.07, 6.45) is 1.76. The normalized spacial score (nSPS) is 17.0. The number of benzene rings is 2. The van der Waals surface area contributed by atoms with Crippen molar-refractivity contribution >= 4 is 0 Å². The van der Waals surface area contributed by atoms with Gasteiger partial charge in [-0.2, -0.15) is 0 Å². The van der Waals surface area contributed by atoms with Crippen LogP contribution in [0.25, 0.3) is 11.1 Å². The van der Waals surface area contributed by atoms with Crippen LogP contribution in [0.5, 0.6) is 5.75 Å². The zero-order valence-electron chi connectivity index (χ0n) is 14.7. The molecule has 0 amide bonds. The Morgan fingerprint density at radius 2 is 1.81 bits per heavy atom. The molecule has 0 heterocycles. The second-order valence-electron chi connectivity index (χ2n) is 6.92. The number of hydrogen-bond donors (Lipinski definition) is 0. The van der Waals surface area contributed by atoms with E-state index in [1.165, 1.54) is 43.5 Å². The van der Waals surface area contributed by atoms with E-state index >= 15 is 0 Å². The van der Waals surface area contributed by atoms with Crippen molar-refractivity contribution in [2.24, 2.45) is 5.92 Å². The van der Waals surface area contributed by atoms with Crippen LogP contribution in [-0.2, 0) is 12.8 Å². The van der Waals surface area contributed by atoms with Crippen molar-refractivity contribution < 1.29 is 22.3 Å². The average Bonchev–Trinajstić information content (AvgIpc) is 2.58. The second-order valence-corrected chi connectivity index (χ2v) is 6.92. The number of aryl methyl sites for hydroxylation is 1. The Hall–Kier alpha value is -2.04. The van der Waals surface area contributed by atoms with E-state index in [1.807, 2.05) is 6.07 Å². The summed E-state index contributed by atoms with van der Waals surface area (Å²) in [5.41, 5.74) is 3.18. The van der Waals surface area contributed by atoms with Crippen LogP contribution in [-0.4, -0.2) is 6.36 Å². The average molecular weight is 366 g/mol. The zero-order chi connectivity index (χ0) is 18.7. The molecular formula is C21H22F4O. The fourth-order valence-electron chi connectivity index (χ4n) is 3.65. The van der Waals surface area contributed by atoms with Gasteiger partial charge in [-0.25, -0.2) is 4.39 Å². The molecule has 140 valence electrons. The van der Waals surface area contributed by atoms with E-state index in [1.54, 1.807) is 6.07 Å². The lowest BCUT2D eigenvalue weighted by molar-refractivity contribution is -0.274. The largest absolute Gasteiger partial charge is 0.573 e. The summed E-state index contributed by atoms with van der Waals surface area (Å²) in [5.74, 6) is -0.0192. The minimum Gasteiger partial charge on any atom is -0.406 e. The quantitative estimate of drug-likeness (QED) is 0.536. The fourth-order valence-corrected chi connectivity index (χ4v) is 3.65. The number of fused-ring (bicyclic) bond motifs is 1. The first-order valence-corrected chi connectivity index (χ1v) is 9.03. The highest BCUT2D eigenvalue weighted by atomic mass is 19.4. The third kappa shape index (κ3) is 4.57. The molecule has 0 saturated carbocycles. The summed E-state index contributed by atoms with van der Waals surface area (Å²) < 4.78 is 55.2. The number of halogens is 4. The Kier molecular flexibility index (Phi) is 5.54. The van der Waals surface area contributed by atoms with Crippen LogP contribution in [0.2, 0.25) is 0 Å². The van der Waals surface area contributed by atoms with E-state index in [0.29, 0.717) is 17.0 Å². The molecule has 26 heavy (non-hydrogen) atoms. The van der Waals surface area contributed by atoms with Gasteiger partial charge in [0.1, 0.15) is 11.6 Å². The maximum atomic E-state index is 14.6. The maximum absolute atomic E-state index is 14.6. The van der Waals surface area contributed by atoms with Crippen LogP contribution in [0.15, 0.2) is 36.4 Å². The molecule has 1 atom stereocenters. The van der Waals surface area contributed by atoms with Crippen molar-refractivity contribution in [3.8, 4) is 16.9 Å². The number of alkyl halides is 3. The summed E-state index contributed by atoms with van der Waals surface area (Å²) >= 11 is 0. The highest BCUT2D eigenvalue weighted by molar-refractivity contribution is 5.66. The molecule has 3 rings (SSSR count). The van der Waals surface area contributed by atoms with Crippen LogP contribution in [0, 0.1) is 11.7 Å². The van der Waals surface area contributed by atoms with Gasteiger partial charge in [0.15, 0.2) is 0 Å².